The number of para-hydroxylation sites is 2. The molecule has 0 spiro atoms. The number of benzene rings is 2. The molecule has 4 nitrogen and oxygen atoms in total. The van der Waals surface area contributed by atoms with Crippen molar-refractivity contribution in [2.45, 2.75) is 26.8 Å². The van der Waals surface area contributed by atoms with Gasteiger partial charge in [0.1, 0.15) is 24.5 Å². The number of nitrogens with zero attached hydrogens (tertiary/aromatic N) is 3. The SMILES string of the molecule is Cc1ccccc1OCCN(c1ncnc2ccccc12)C(C)C. The van der Waals surface area contributed by atoms with Crippen molar-refractivity contribution in [1.82, 2.24) is 9.97 Å². The molecule has 0 aliphatic carbocycles. The van der Waals surface area contributed by atoms with E-state index in [1.807, 2.05) is 36.4 Å². The Morgan fingerprint density at radius 2 is 1.75 bits per heavy atom. The first-order chi connectivity index (χ1) is 11.7. The molecule has 0 radical (unpaired) electrons. The summed E-state index contributed by atoms with van der Waals surface area (Å²) in [5.74, 6) is 1.90. The lowest BCUT2D eigenvalue weighted by Crippen LogP contribution is -2.35. The molecule has 24 heavy (non-hydrogen) atoms. The van der Waals surface area contributed by atoms with Crippen LogP contribution in [-0.4, -0.2) is 29.2 Å². The number of hydrogen-bond acceptors (Lipinski definition) is 4. The van der Waals surface area contributed by atoms with Crippen molar-refractivity contribution >= 4 is 16.7 Å². The molecule has 1 aromatic heterocycles. The van der Waals surface area contributed by atoms with Gasteiger partial charge in [0, 0.05) is 11.4 Å². The number of aromatic nitrogens is 2. The van der Waals surface area contributed by atoms with Crippen molar-refractivity contribution in [3.8, 4) is 5.75 Å². The van der Waals surface area contributed by atoms with Gasteiger partial charge in [0.15, 0.2) is 0 Å². The fourth-order valence-electron chi connectivity index (χ4n) is 2.80. The first-order valence-corrected chi connectivity index (χ1v) is 8.31. The molecule has 124 valence electrons. The van der Waals surface area contributed by atoms with Crippen LogP contribution in [0.2, 0.25) is 0 Å². The highest BCUT2D eigenvalue weighted by molar-refractivity contribution is 5.89. The first-order valence-electron chi connectivity index (χ1n) is 8.31. The summed E-state index contributed by atoms with van der Waals surface area (Å²) in [6, 6.07) is 16.5. The average Bonchev–Trinajstić information content (AvgIpc) is 2.59. The molecule has 0 bridgehead atoms. The molecule has 0 amide bonds. The molecule has 4 heteroatoms. The van der Waals surface area contributed by atoms with Gasteiger partial charge in [-0.1, -0.05) is 30.3 Å². The van der Waals surface area contributed by atoms with E-state index in [0.717, 1.165) is 34.6 Å². The van der Waals surface area contributed by atoms with Gasteiger partial charge in [-0.25, -0.2) is 9.97 Å². The molecular formula is C20H23N3O. The highest BCUT2D eigenvalue weighted by Gasteiger charge is 2.15. The van der Waals surface area contributed by atoms with E-state index in [-0.39, 0.29) is 0 Å². The van der Waals surface area contributed by atoms with Crippen LogP contribution in [0.4, 0.5) is 5.82 Å². The highest BCUT2D eigenvalue weighted by Crippen LogP contribution is 2.24. The Morgan fingerprint density at radius 3 is 2.54 bits per heavy atom. The summed E-state index contributed by atoms with van der Waals surface area (Å²) < 4.78 is 5.97. The molecule has 0 aliphatic rings. The van der Waals surface area contributed by atoms with E-state index in [1.54, 1.807) is 6.33 Å². The topological polar surface area (TPSA) is 38.2 Å². The first kappa shape index (κ1) is 16.2. The van der Waals surface area contributed by atoms with E-state index < -0.39 is 0 Å². The van der Waals surface area contributed by atoms with Gasteiger partial charge in [0.2, 0.25) is 0 Å². The minimum absolute atomic E-state index is 0.323. The smallest absolute Gasteiger partial charge is 0.140 e. The molecule has 0 saturated carbocycles. The van der Waals surface area contributed by atoms with E-state index in [4.69, 9.17) is 4.74 Å². The zero-order valence-electron chi connectivity index (χ0n) is 14.4. The third-order valence-electron chi connectivity index (χ3n) is 4.10. The van der Waals surface area contributed by atoms with Gasteiger partial charge in [-0.05, 0) is 44.5 Å². The number of aryl methyl sites for hydroxylation is 1. The summed E-state index contributed by atoms with van der Waals surface area (Å²) in [5, 5.41) is 1.07. The molecule has 3 aromatic rings. The largest absolute Gasteiger partial charge is 0.491 e. The summed E-state index contributed by atoms with van der Waals surface area (Å²) in [6.07, 6.45) is 1.63. The molecule has 3 rings (SSSR count). The summed E-state index contributed by atoms with van der Waals surface area (Å²) in [7, 11) is 0. The maximum Gasteiger partial charge on any atom is 0.140 e. The number of anilines is 1. The van der Waals surface area contributed by atoms with Gasteiger partial charge in [-0.2, -0.15) is 0 Å². The minimum atomic E-state index is 0.323. The zero-order chi connectivity index (χ0) is 16.9. The molecule has 0 unspecified atom stereocenters. The van der Waals surface area contributed by atoms with Crippen LogP contribution in [0.15, 0.2) is 54.9 Å². The quantitative estimate of drug-likeness (QED) is 0.681. The Kier molecular flexibility index (Phi) is 4.94. The number of ether oxygens (including phenoxy) is 1. The second-order valence-electron chi connectivity index (χ2n) is 6.12. The van der Waals surface area contributed by atoms with Crippen molar-refractivity contribution in [3.63, 3.8) is 0 Å². The van der Waals surface area contributed by atoms with Crippen molar-refractivity contribution in [1.29, 1.82) is 0 Å². The van der Waals surface area contributed by atoms with Gasteiger partial charge in [0.05, 0.1) is 12.1 Å². The maximum atomic E-state index is 5.97. The van der Waals surface area contributed by atoms with E-state index in [1.165, 1.54) is 0 Å². The molecule has 0 N–H and O–H groups in total. The van der Waals surface area contributed by atoms with Gasteiger partial charge < -0.3 is 9.64 Å². The van der Waals surface area contributed by atoms with Crippen LogP contribution in [0.1, 0.15) is 19.4 Å². The standard InChI is InChI=1S/C20H23N3O/c1-15(2)23(12-13-24-19-11-7-4-8-16(19)3)20-17-9-5-6-10-18(17)21-14-22-20/h4-11,14-15H,12-13H2,1-3H3. The second-order valence-corrected chi connectivity index (χ2v) is 6.12. The van der Waals surface area contributed by atoms with Crippen LogP contribution in [0, 0.1) is 6.92 Å². The summed E-state index contributed by atoms with van der Waals surface area (Å²) in [6.45, 7) is 7.79. The third kappa shape index (κ3) is 3.48. The molecule has 1 heterocycles. The van der Waals surface area contributed by atoms with Crippen LogP contribution < -0.4 is 9.64 Å². The molecule has 0 fully saturated rings. The average molecular weight is 321 g/mol. The Bertz CT molecular complexity index is 811. The van der Waals surface area contributed by atoms with Crippen LogP contribution in [0.5, 0.6) is 5.75 Å². The van der Waals surface area contributed by atoms with Gasteiger partial charge >= 0.3 is 0 Å². The van der Waals surface area contributed by atoms with Gasteiger partial charge in [0.25, 0.3) is 0 Å². The van der Waals surface area contributed by atoms with Crippen LogP contribution in [-0.2, 0) is 0 Å². The van der Waals surface area contributed by atoms with Gasteiger partial charge in [-0.3, -0.25) is 0 Å². The molecule has 0 aliphatic heterocycles. The number of fused-ring (bicyclic) bond motifs is 1. The number of hydrogen-bond donors (Lipinski definition) is 0. The summed E-state index contributed by atoms with van der Waals surface area (Å²) >= 11 is 0. The second kappa shape index (κ2) is 7.30. The van der Waals surface area contributed by atoms with E-state index in [2.05, 4.69) is 47.8 Å². The van der Waals surface area contributed by atoms with Crippen LogP contribution in [0.25, 0.3) is 10.9 Å². The molecular weight excluding hydrogens is 298 g/mol. The van der Waals surface area contributed by atoms with Crippen molar-refractivity contribution in [3.05, 3.63) is 60.4 Å². The normalized spacial score (nSPS) is 11.0. The zero-order valence-corrected chi connectivity index (χ0v) is 14.4. The Labute approximate surface area is 143 Å². The lowest BCUT2D eigenvalue weighted by Gasteiger charge is -2.28. The Hall–Kier alpha value is -2.62. The lowest BCUT2D eigenvalue weighted by molar-refractivity contribution is 0.318. The van der Waals surface area contributed by atoms with Crippen LogP contribution >= 0.6 is 0 Å². The molecule has 0 atom stereocenters. The molecule has 0 saturated heterocycles. The van der Waals surface area contributed by atoms with Gasteiger partial charge in [-0.15, -0.1) is 0 Å². The van der Waals surface area contributed by atoms with E-state index in [0.29, 0.717) is 12.6 Å². The fraction of sp³-hybridized carbons (Fsp3) is 0.300. The van der Waals surface area contributed by atoms with E-state index in [9.17, 15) is 0 Å². The van der Waals surface area contributed by atoms with Crippen molar-refractivity contribution in [2.75, 3.05) is 18.1 Å². The fourth-order valence-corrected chi connectivity index (χ4v) is 2.80. The van der Waals surface area contributed by atoms with E-state index >= 15 is 0 Å². The van der Waals surface area contributed by atoms with Crippen molar-refractivity contribution in [2.24, 2.45) is 0 Å². The third-order valence-corrected chi connectivity index (χ3v) is 4.10. The summed E-state index contributed by atoms with van der Waals surface area (Å²) in [5.41, 5.74) is 2.12. The van der Waals surface area contributed by atoms with Crippen LogP contribution in [0.3, 0.4) is 0 Å². The number of rotatable bonds is 6. The predicted molar refractivity (Wildman–Crippen MR) is 98.7 cm³/mol. The van der Waals surface area contributed by atoms with Crippen molar-refractivity contribution < 1.29 is 4.74 Å². The lowest BCUT2D eigenvalue weighted by atomic mass is 10.2. The maximum absolute atomic E-state index is 5.97. The highest BCUT2D eigenvalue weighted by atomic mass is 16.5. The monoisotopic (exact) mass is 321 g/mol. The molecule has 2 aromatic carbocycles. The predicted octanol–water partition coefficient (Wildman–Crippen LogP) is 4.23. The summed E-state index contributed by atoms with van der Waals surface area (Å²) in [4.78, 5) is 11.2. The Balaban J connectivity index is 1.79. The Morgan fingerprint density at radius 1 is 1.00 bits per heavy atom. The minimum Gasteiger partial charge on any atom is -0.491 e.